The van der Waals surface area contributed by atoms with Gasteiger partial charge in [0, 0.05) is 18.3 Å². The molecule has 0 fully saturated rings. The summed E-state index contributed by atoms with van der Waals surface area (Å²) >= 11 is 0. The Balaban J connectivity index is 2.36. The van der Waals surface area contributed by atoms with Gasteiger partial charge in [-0.15, -0.1) is 0 Å². The molecule has 0 spiro atoms. The molecule has 0 aliphatic rings. The van der Waals surface area contributed by atoms with Crippen LogP contribution in [0, 0.1) is 0 Å². The van der Waals surface area contributed by atoms with Crippen molar-refractivity contribution in [3.05, 3.63) is 29.8 Å². The molecule has 0 heterocycles. The Morgan fingerprint density at radius 1 is 1.29 bits per heavy atom. The van der Waals surface area contributed by atoms with Gasteiger partial charge in [-0.2, -0.15) is 0 Å². The lowest BCUT2D eigenvalue weighted by Gasteiger charge is -2.08. The first kappa shape index (κ1) is 11.1. The second kappa shape index (κ2) is 5.66. The first-order valence-corrected chi connectivity index (χ1v) is 5.30. The van der Waals surface area contributed by atoms with Crippen LogP contribution in [0.3, 0.4) is 0 Å². The fraction of sp³-hybridized carbons (Fsp3) is 0.500. The maximum absolute atomic E-state index is 5.66. The molecule has 1 unspecified atom stereocenters. The van der Waals surface area contributed by atoms with E-state index in [1.54, 1.807) is 0 Å². The fourth-order valence-electron chi connectivity index (χ4n) is 1.30. The van der Waals surface area contributed by atoms with Gasteiger partial charge in [0.15, 0.2) is 0 Å². The van der Waals surface area contributed by atoms with Crippen LogP contribution in [0.4, 0.5) is 5.69 Å². The maximum atomic E-state index is 5.66. The molecule has 1 aromatic rings. The summed E-state index contributed by atoms with van der Waals surface area (Å²) in [4.78, 5) is 0. The average molecular weight is 192 g/mol. The molecule has 0 saturated heterocycles. The Morgan fingerprint density at radius 2 is 1.93 bits per heavy atom. The van der Waals surface area contributed by atoms with Gasteiger partial charge in [-0.1, -0.05) is 19.1 Å². The summed E-state index contributed by atoms with van der Waals surface area (Å²) in [6.07, 6.45) is 2.11. The SMILES string of the molecule is CCc1ccc(NCCC(C)N)cc1. The Bertz CT molecular complexity index is 252. The number of hydrogen-bond donors (Lipinski definition) is 2. The lowest BCUT2D eigenvalue weighted by molar-refractivity contribution is 0.690. The van der Waals surface area contributed by atoms with Crippen LogP contribution < -0.4 is 11.1 Å². The molecule has 1 atom stereocenters. The van der Waals surface area contributed by atoms with Crippen LogP contribution in [0.1, 0.15) is 25.8 Å². The Kier molecular flexibility index (Phi) is 4.47. The highest BCUT2D eigenvalue weighted by Crippen LogP contribution is 2.09. The standard InChI is InChI=1S/C12H20N2/c1-3-11-4-6-12(7-5-11)14-9-8-10(2)13/h4-7,10,14H,3,8-9,13H2,1-2H3. The summed E-state index contributed by atoms with van der Waals surface area (Å²) in [7, 11) is 0. The van der Waals surface area contributed by atoms with Gasteiger partial charge >= 0.3 is 0 Å². The largest absolute Gasteiger partial charge is 0.385 e. The highest BCUT2D eigenvalue weighted by Gasteiger charge is 1.94. The van der Waals surface area contributed by atoms with Gasteiger partial charge in [0.25, 0.3) is 0 Å². The third kappa shape index (κ3) is 3.79. The van der Waals surface area contributed by atoms with Crippen LogP contribution >= 0.6 is 0 Å². The molecule has 0 bridgehead atoms. The van der Waals surface area contributed by atoms with Crippen molar-refractivity contribution in [1.82, 2.24) is 0 Å². The minimum absolute atomic E-state index is 0.275. The van der Waals surface area contributed by atoms with Gasteiger partial charge in [-0.25, -0.2) is 0 Å². The van der Waals surface area contributed by atoms with Crippen LogP contribution in [0.15, 0.2) is 24.3 Å². The van der Waals surface area contributed by atoms with Gasteiger partial charge in [0.2, 0.25) is 0 Å². The molecule has 0 amide bonds. The molecule has 78 valence electrons. The highest BCUT2D eigenvalue weighted by molar-refractivity contribution is 5.44. The van der Waals surface area contributed by atoms with E-state index in [0.717, 1.165) is 19.4 Å². The van der Waals surface area contributed by atoms with Crippen LogP contribution in [0.5, 0.6) is 0 Å². The van der Waals surface area contributed by atoms with Gasteiger partial charge < -0.3 is 11.1 Å². The molecule has 0 saturated carbocycles. The summed E-state index contributed by atoms with van der Waals surface area (Å²) in [6.45, 7) is 5.14. The van der Waals surface area contributed by atoms with Crippen LogP contribution in [0.25, 0.3) is 0 Å². The first-order chi connectivity index (χ1) is 6.72. The van der Waals surface area contributed by atoms with Crippen LogP contribution in [-0.4, -0.2) is 12.6 Å². The third-order valence-electron chi connectivity index (χ3n) is 2.29. The molecule has 0 aliphatic carbocycles. The topological polar surface area (TPSA) is 38.0 Å². The van der Waals surface area contributed by atoms with E-state index in [9.17, 15) is 0 Å². The predicted octanol–water partition coefficient (Wildman–Crippen LogP) is 2.40. The molecule has 1 aromatic carbocycles. The molecular weight excluding hydrogens is 172 g/mol. The van der Waals surface area contributed by atoms with E-state index in [2.05, 4.69) is 36.5 Å². The molecule has 0 aromatic heterocycles. The molecule has 2 heteroatoms. The van der Waals surface area contributed by atoms with Crippen molar-refractivity contribution in [2.45, 2.75) is 32.7 Å². The number of anilines is 1. The molecule has 0 radical (unpaired) electrons. The van der Waals surface area contributed by atoms with E-state index < -0.39 is 0 Å². The summed E-state index contributed by atoms with van der Waals surface area (Å²) in [6, 6.07) is 8.85. The molecule has 14 heavy (non-hydrogen) atoms. The molecule has 1 rings (SSSR count). The Labute approximate surface area is 86.5 Å². The van der Waals surface area contributed by atoms with Crippen molar-refractivity contribution in [2.24, 2.45) is 5.73 Å². The fourth-order valence-corrected chi connectivity index (χ4v) is 1.30. The van der Waals surface area contributed by atoms with Gasteiger partial charge in [0.05, 0.1) is 0 Å². The normalized spacial score (nSPS) is 12.5. The van der Waals surface area contributed by atoms with Crippen molar-refractivity contribution >= 4 is 5.69 Å². The van der Waals surface area contributed by atoms with E-state index in [4.69, 9.17) is 5.73 Å². The lowest BCUT2D eigenvalue weighted by atomic mass is 10.1. The van der Waals surface area contributed by atoms with Crippen molar-refractivity contribution in [3.8, 4) is 0 Å². The summed E-state index contributed by atoms with van der Waals surface area (Å²) in [5.41, 5.74) is 8.22. The number of rotatable bonds is 5. The monoisotopic (exact) mass is 192 g/mol. The average Bonchev–Trinajstić information content (AvgIpc) is 2.18. The summed E-state index contributed by atoms with van der Waals surface area (Å²) in [5, 5.41) is 3.35. The number of benzene rings is 1. The molecule has 2 nitrogen and oxygen atoms in total. The first-order valence-electron chi connectivity index (χ1n) is 5.30. The van der Waals surface area contributed by atoms with Crippen LogP contribution in [-0.2, 0) is 6.42 Å². The summed E-state index contributed by atoms with van der Waals surface area (Å²) in [5.74, 6) is 0. The third-order valence-corrected chi connectivity index (χ3v) is 2.29. The Hall–Kier alpha value is -1.02. The van der Waals surface area contributed by atoms with E-state index in [0.29, 0.717) is 0 Å². The molecular formula is C12H20N2. The number of aryl methyl sites for hydroxylation is 1. The van der Waals surface area contributed by atoms with E-state index in [1.807, 2.05) is 6.92 Å². The van der Waals surface area contributed by atoms with Gasteiger partial charge in [-0.05, 0) is 37.5 Å². The second-order valence-electron chi connectivity index (χ2n) is 3.74. The minimum Gasteiger partial charge on any atom is -0.385 e. The van der Waals surface area contributed by atoms with Gasteiger partial charge in [-0.3, -0.25) is 0 Å². The number of nitrogens with two attached hydrogens (primary N) is 1. The van der Waals surface area contributed by atoms with Crippen molar-refractivity contribution in [2.75, 3.05) is 11.9 Å². The molecule has 0 aliphatic heterocycles. The zero-order valence-corrected chi connectivity index (χ0v) is 9.09. The van der Waals surface area contributed by atoms with Crippen molar-refractivity contribution < 1.29 is 0 Å². The van der Waals surface area contributed by atoms with Gasteiger partial charge in [0.1, 0.15) is 0 Å². The second-order valence-corrected chi connectivity index (χ2v) is 3.74. The van der Waals surface area contributed by atoms with E-state index in [-0.39, 0.29) is 6.04 Å². The lowest BCUT2D eigenvalue weighted by Crippen LogP contribution is -2.19. The number of nitrogens with one attached hydrogen (secondary N) is 1. The summed E-state index contributed by atoms with van der Waals surface area (Å²) < 4.78 is 0. The predicted molar refractivity (Wildman–Crippen MR) is 62.6 cm³/mol. The Morgan fingerprint density at radius 3 is 2.43 bits per heavy atom. The zero-order valence-electron chi connectivity index (χ0n) is 9.09. The smallest absolute Gasteiger partial charge is 0.0340 e. The quantitative estimate of drug-likeness (QED) is 0.751. The van der Waals surface area contributed by atoms with Crippen LogP contribution in [0.2, 0.25) is 0 Å². The van der Waals surface area contributed by atoms with E-state index >= 15 is 0 Å². The van der Waals surface area contributed by atoms with Crippen molar-refractivity contribution in [3.63, 3.8) is 0 Å². The zero-order chi connectivity index (χ0) is 10.4. The molecule has 3 N–H and O–H groups in total. The number of hydrogen-bond acceptors (Lipinski definition) is 2. The highest BCUT2D eigenvalue weighted by atomic mass is 14.9. The minimum atomic E-state index is 0.275. The van der Waals surface area contributed by atoms with E-state index in [1.165, 1.54) is 11.3 Å². The maximum Gasteiger partial charge on any atom is 0.0340 e. The van der Waals surface area contributed by atoms with Crippen molar-refractivity contribution in [1.29, 1.82) is 0 Å².